The topological polar surface area (TPSA) is 17.1 Å². The van der Waals surface area contributed by atoms with Crippen LogP contribution in [0.3, 0.4) is 0 Å². The fourth-order valence-electron chi connectivity index (χ4n) is 3.20. The van der Waals surface area contributed by atoms with Crippen LogP contribution in [0.1, 0.15) is 80.4 Å². The molecule has 0 bridgehead atoms. The molecule has 18 heavy (non-hydrogen) atoms. The first-order valence-electron chi connectivity index (χ1n) is 8.33. The molecule has 0 aromatic heterocycles. The van der Waals surface area contributed by atoms with Crippen molar-refractivity contribution >= 4 is 5.78 Å². The van der Waals surface area contributed by atoms with Crippen molar-refractivity contribution in [3.8, 4) is 0 Å². The molecule has 0 aromatic rings. The van der Waals surface area contributed by atoms with Crippen LogP contribution in [0.25, 0.3) is 0 Å². The molecule has 0 saturated carbocycles. The number of ketones is 1. The lowest BCUT2D eigenvalue weighted by Crippen LogP contribution is -2.17. The van der Waals surface area contributed by atoms with Crippen LogP contribution in [-0.2, 0) is 4.79 Å². The Morgan fingerprint density at radius 2 is 1.44 bits per heavy atom. The van der Waals surface area contributed by atoms with Gasteiger partial charge in [0.05, 0.1) is 0 Å². The predicted molar refractivity (Wildman–Crippen MR) is 78.6 cm³/mol. The third kappa shape index (κ3) is 3.24. The minimum absolute atomic E-state index is 0.0514. The molecule has 1 rings (SSSR count). The van der Waals surface area contributed by atoms with E-state index in [0.29, 0.717) is 6.42 Å². The molecule has 1 heteroatoms. The molecule has 0 spiro atoms. The lowest BCUT2D eigenvalue weighted by Gasteiger charge is -2.12. The van der Waals surface area contributed by atoms with E-state index in [0.717, 1.165) is 44.9 Å². The summed E-state index contributed by atoms with van der Waals surface area (Å²) < 4.78 is 8.76. The van der Waals surface area contributed by atoms with Crippen LogP contribution in [0.4, 0.5) is 0 Å². The van der Waals surface area contributed by atoms with Crippen LogP contribution in [-0.4, -0.2) is 5.78 Å². The number of hydrogen-bond acceptors (Lipinski definition) is 1. The minimum Gasteiger partial charge on any atom is -0.298 e. The second kappa shape index (κ2) is 7.76. The van der Waals surface area contributed by atoms with Gasteiger partial charge >= 0.3 is 0 Å². The lowest BCUT2D eigenvalue weighted by molar-refractivity contribution is -0.123. The van der Waals surface area contributed by atoms with Gasteiger partial charge in [0.15, 0.2) is 0 Å². The zero-order chi connectivity index (χ0) is 14.5. The van der Waals surface area contributed by atoms with Gasteiger partial charge in [-0.15, -0.1) is 0 Å². The van der Waals surface area contributed by atoms with Crippen molar-refractivity contribution in [2.45, 2.75) is 79.1 Å². The van der Waals surface area contributed by atoms with Crippen LogP contribution in [0, 0.1) is 11.8 Å². The lowest BCUT2D eigenvalue weighted by atomic mass is 9.90. The summed E-state index contributed by atoms with van der Waals surface area (Å²) in [7, 11) is 0. The number of Topliss-reactive ketones (excluding diaryl/α,β-unsaturated/α-hetero) is 1. The van der Waals surface area contributed by atoms with E-state index in [-0.39, 0.29) is 11.7 Å². The Kier molecular flexibility index (Phi) is 5.96. The largest absolute Gasteiger partial charge is 0.298 e. The molecule has 0 aromatic carbocycles. The van der Waals surface area contributed by atoms with Crippen LogP contribution >= 0.6 is 0 Å². The highest BCUT2D eigenvalue weighted by Crippen LogP contribution is 2.42. The summed E-state index contributed by atoms with van der Waals surface area (Å²) in [4.78, 5) is 12.7. The Labute approximate surface area is 114 Å². The zero-order valence-corrected chi connectivity index (χ0v) is 12.6. The number of carbonyl (C=O) groups is 1. The van der Waals surface area contributed by atoms with Crippen molar-refractivity contribution in [3.05, 3.63) is 11.1 Å². The molecular weight excluding hydrogens is 220 g/mol. The molecule has 0 N–H and O–H groups in total. The Balaban J connectivity index is 3.20. The summed E-state index contributed by atoms with van der Waals surface area (Å²) in [6.07, 6.45) is 7.66. The van der Waals surface area contributed by atoms with E-state index >= 15 is 0 Å². The average Bonchev–Trinajstić information content (AvgIpc) is 2.56. The number of carbonyl (C=O) groups excluding carboxylic acids is 1. The molecule has 0 amide bonds. The molecule has 1 aliphatic carbocycles. The van der Waals surface area contributed by atoms with Gasteiger partial charge in [-0.05, 0) is 25.7 Å². The van der Waals surface area contributed by atoms with Crippen molar-refractivity contribution in [1.82, 2.24) is 0 Å². The first-order valence-corrected chi connectivity index (χ1v) is 7.83. The van der Waals surface area contributed by atoms with Crippen molar-refractivity contribution in [2.75, 3.05) is 0 Å². The van der Waals surface area contributed by atoms with E-state index in [1.54, 1.807) is 0 Å². The van der Waals surface area contributed by atoms with Gasteiger partial charge in [-0.3, -0.25) is 4.79 Å². The van der Waals surface area contributed by atoms with Gasteiger partial charge in [0, 0.05) is 13.2 Å². The van der Waals surface area contributed by atoms with Crippen molar-refractivity contribution in [2.24, 2.45) is 11.8 Å². The van der Waals surface area contributed by atoms with Gasteiger partial charge < -0.3 is 0 Å². The van der Waals surface area contributed by atoms with Crippen LogP contribution in [0.2, 0.25) is 0 Å². The maximum Gasteiger partial charge on any atom is 0.147 e. The van der Waals surface area contributed by atoms with Crippen molar-refractivity contribution in [3.63, 3.8) is 0 Å². The molecule has 1 aliphatic rings. The van der Waals surface area contributed by atoms with E-state index < -0.39 is 5.89 Å². The standard InChI is InChI=1S/C17H30O/c1-5-9-13-14(10-6-2)16(12-8-4)17(18)15(13)11-7-3/h15-16H,5-12H2,1-4H3/t15-,16+/i15D/m0/s1. The maximum atomic E-state index is 12.7. The SMILES string of the molecule is [2H][C@@]1(CCC)C(=O)[C@H](CCC)C(CCC)=C1CCC. The molecule has 0 unspecified atom stereocenters. The fourth-order valence-corrected chi connectivity index (χ4v) is 3.20. The molecule has 104 valence electrons. The molecule has 0 heterocycles. The van der Waals surface area contributed by atoms with Gasteiger partial charge in [0.1, 0.15) is 5.78 Å². The second-order valence-electron chi connectivity index (χ2n) is 5.44. The quantitative estimate of drug-likeness (QED) is 0.535. The number of allylic oxidation sites excluding steroid dienone is 2. The fraction of sp³-hybridized carbons (Fsp3) is 0.824. The monoisotopic (exact) mass is 251 g/mol. The Bertz CT molecular complexity index is 345. The summed E-state index contributed by atoms with van der Waals surface area (Å²) in [6.45, 7) is 8.55. The first kappa shape index (κ1) is 13.8. The average molecular weight is 251 g/mol. The summed E-state index contributed by atoms with van der Waals surface area (Å²) in [5, 5.41) is 0. The maximum absolute atomic E-state index is 12.7. The molecule has 0 radical (unpaired) electrons. The molecule has 0 aliphatic heterocycles. The van der Waals surface area contributed by atoms with Gasteiger partial charge in [-0.2, -0.15) is 0 Å². The van der Waals surface area contributed by atoms with Gasteiger partial charge in [0.2, 0.25) is 0 Å². The Morgan fingerprint density at radius 3 is 1.94 bits per heavy atom. The van der Waals surface area contributed by atoms with E-state index in [4.69, 9.17) is 1.37 Å². The first-order chi connectivity index (χ1) is 9.06. The molecular formula is C17H30O. The highest BCUT2D eigenvalue weighted by Gasteiger charge is 2.38. The molecule has 2 atom stereocenters. The van der Waals surface area contributed by atoms with E-state index in [1.165, 1.54) is 11.1 Å². The predicted octanol–water partition coefficient (Wildman–Crippen LogP) is 5.30. The van der Waals surface area contributed by atoms with E-state index in [1.807, 2.05) is 0 Å². The summed E-state index contributed by atoms with van der Waals surface area (Å²) in [5.74, 6) is -0.645. The smallest absolute Gasteiger partial charge is 0.147 e. The number of hydrogen-bond donors (Lipinski definition) is 0. The number of rotatable bonds is 8. The minimum atomic E-state index is -0.894. The summed E-state index contributed by atoms with van der Waals surface area (Å²) in [5.41, 5.74) is 2.52. The van der Waals surface area contributed by atoms with Crippen LogP contribution in [0.5, 0.6) is 0 Å². The van der Waals surface area contributed by atoms with Crippen LogP contribution in [0.15, 0.2) is 11.1 Å². The Hall–Kier alpha value is -0.590. The molecule has 1 nitrogen and oxygen atoms in total. The van der Waals surface area contributed by atoms with Gasteiger partial charge in [0.25, 0.3) is 0 Å². The summed E-state index contributed by atoms with van der Waals surface area (Å²) >= 11 is 0. The van der Waals surface area contributed by atoms with Crippen molar-refractivity contribution < 1.29 is 6.17 Å². The zero-order valence-electron chi connectivity index (χ0n) is 13.6. The third-order valence-electron chi connectivity index (χ3n) is 3.88. The summed E-state index contributed by atoms with van der Waals surface area (Å²) in [6, 6.07) is 0. The van der Waals surface area contributed by atoms with Gasteiger partial charge in [-0.25, -0.2) is 0 Å². The normalized spacial score (nSPS) is 29.0. The van der Waals surface area contributed by atoms with Gasteiger partial charge in [-0.1, -0.05) is 64.5 Å². The highest BCUT2D eigenvalue weighted by atomic mass is 16.1. The highest BCUT2D eigenvalue weighted by molar-refractivity contribution is 5.92. The second-order valence-corrected chi connectivity index (χ2v) is 5.44. The molecule has 0 fully saturated rings. The van der Waals surface area contributed by atoms with E-state index in [9.17, 15) is 4.79 Å². The third-order valence-corrected chi connectivity index (χ3v) is 3.88. The van der Waals surface area contributed by atoms with Crippen molar-refractivity contribution in [1.29, 1.82) is 0 Å². The Morgan fingerprint density at radius 1 is 0.889 bits per heavy atom. The van der Waals surface area contributed by atoms with E-state index in [2.05, 4.69) is 27.7 Å². The van der Waals surface area contributed by atoms with Crippen LogP contribution < -0.4 is 0 Å². The molecule has 0 saturated heterocycles.